The lowest BCUT2D eigenvalue weighted by atomic mass is 10.0. The zero-order chi connectivity index (χ0) is 7.72. The molecule has 1 rings (SSSR count). The first-order chi connectivity index (χ1) is 4.66. The predicted molar refractivity (Wildman–Crippen MR) is 44.3 cm³/mol. The van der Waals surface area contributed by atoms with Crippen LogP contribution in [0.5, 0.6) is 0 Å². The van der Waals surface area contributed by atoms with Gasteiger partial charge in [0.2, 0.25) is 0 Å². The average Bonchev–Trinajstić information content (AvgIpc) is 2.09. The van der Waals surface area contributed by atoms with Gasteiger partial charge in [0.1, 0.15) is 5.50 Å². The highest BCUT2D eigenvalue weighted by atomic mass is 35.5. The molecule has 0 radical (unpaired) electrons. The molecule has 3 heteroatoms. The largest absolute Gasteiger partial charge is 0.282 e. The Morgan fingerprint density at radius 3 is 2.50 bits per heavy atom. The van der Waals surface area contributed by atoms with Gasteiger partial charge in [-0.2, -0.15) is 5.10 Å². The highest BCUT2D eigenvalue weighted by Gasteiger charge is 2.29. The third-order valence-electron chi connectivity index (χ3n) is 1.98. The van der Waals surface area contributed by atoms with Gasteiger partial charge in [-0.05, 0) is 13.3 Å². The lowest BCUT2D eigenvalue weighted by molar-refractivity contribution is 0.320. The molecule has 1 aliphatic heterocycles. The van der Waals surface area contributed by atoms with Gasteiger partial charge >= 0.3 is 0 Å². The molecule has 1 aliphatic rings. The number of alkyl halides is 1. The summed E-state index contributed by atoms with van der Waals surface area (Å²) in [5, 5.41) is 6.06. The van der Waals surface area contributed by atoms with Crippen LogP contribution in [-0.2, 0) is 0 Å². The van der Waals surface area contributed by atoms with E-state index in [9.17, 15) is 0 Å². The molecule has 0 bridgehead atoms. The number of hydrogen-bond donors (Lipinski definition) is 0. The first-order valence-corrected chi connectivity index (χ1v) is 4.02. The van der Waals surface area contributed by atoms with Gasteiger partial charge in [-0.1, -0.05) is 18.5 Å². The maximum absolute atomic E-state index is 6.04. The van der Waals surface area contributed by atoms with E-state index in [1.165, 1.54) is 0 Å². The lowest BCUT2D eigenvalue weighted by Crippen LogP contribution is -2.24. The summed E-state index contributed by atoms with van der Waals surface area (Å²) in [6.45, 7) is 4.17. The van der Waals surface area contributed by atoms with Crippen molar-refractivity contribution in [1.29, 1.82) is 0 Å². The highest BCUT2D eigenvalue weighted by molar-refractivity contribution is 6.22. The third kappa shape index (κ3) is 1.12. The number of nitrogens with zero attached hydrogens (tertiary/aromatic N) is 2. The molecule has 0 aromatic rings. The molecular formula is C7H13ClN2. The number of hydrazone groups is 1. The topological polar surface area (TPSA) is 15.6 Å². The van der Waals surface area contributed by atoms with E-state index in [1.54, 1.807) is 0 Å². The molecule has 10 heavy (non-hydrogen) atoms. The monoisotopic (exact) mass is 160 g/mol. The van der Waals surface area contributed by atoms with Gasteiger partial charge in [0.05, 0.1) is 0 Å². The summed E-state index contributed by atoms with van der Waals surface area (Å²) in [6.07, 6.45) is 1.08. The van der Waals surface area contributed by atoms with Gasteiger partial charge in [0.15, 0.2) is 0 Å². The first-order valence-electron chi connectivity index (χ1n) is 3.58. The van der Waals surface area contributed by atoms with Gasteiger partial charge in [-0.3, -0.25) is 5.01 Å². The van der Waals surface area contributed by atoms with Crippen molar-refractivity contribution >= 4 is 17.3 Å². The van der Waals surface area contributed by atoms with Crippen molar-refractivity contribution in [3.05, 3.63) is 0 Å². The van der Waals surface area contributed by atoms with Crippen LogP contribution in [0.3, 0.4) is 0 Å². The van der Waals surface area contributed by atoms with Gasteiger partial charge in [-0.15, -0.1) is 0 Å². The summed E-state index contributed by atoms with van der Waals surface area (Å²) in [5.74, 6) is 0.451. The molecule has 0 spiro atoms. The molecule has 2 unspecified atom stereocenters. The summed E-state index contributed by atoms with van der Waals surface area (Å²) in [5.41, 5.74) is 1.23. The van der Waals surface area contributed by atoms with Crippen molar-refractivity contribution in [2.75, 3.05) is 7.05 Å². The SMILES string of the molecule is CCC1C(C)=NN(C)C1Cl. The van der Waals surface area contributed by atoms with Crippen LogP contribution in [0.2, 0.25) is 0 Å². The average molecular weight is 161 g/mol. The molecule has 1 heterocycles. The van der Waals surface area contributed by atoms with E-state index in [1.807, 2.05) is 19.0 Å². The Labute approximate surface area is 66.9 Å². The molecule has 0 N–H and O–H groups in total. The van der Waals surface area contributed by atoms with E-state index < -0.39 is 0 Å². The van der Waals surface area contributed by atoms with Crippen molar-refractivity contribution in [1.82, 2.24) is 5.01 Å². The molecule has 0 saturated carbocycles. The molecule has 2 nitrogen and oxygen atoms in total. The zero-order valence-corrected chi connectivity index (χ0v) is 7.39. The Hall–Kier alpha value is -0.240. The number of halogens is 1. The van der Waals surface area contributed by atoms with Crippen molar-refractivity contribution < 1.29 is 0 Å². The normalized spacial score (nSPS) is 32.8. The van der Waals surface area contributed by atoms with E-state index in [-0.39, 0.29) is 5.50 Å². The second-order valence-corrected chi connectivity index (χ2v) is 3.15. The molecule has 58 valence electrons. The van der Waals surface area contributed by atoms with Gasteiger partial charge in [-0.25, -0.2) is 0 Å². The van der Waals surface area contributed by atoms with Gasteiger partial charge in [0, 0.05) is 18.7 Å². The predicted octanol–water partition coefficient (Wildman–Crippen LogP) is 1.90. The van der Waals surface area contributed by atoms with Crippen LogP contribution in [0.25, 0.3) is 0 Å². The van der Waals surface area contributed by atoms with Crippen LogP contribution in [0.15, 0.2) is 5.10 Å². The first kappa shape index (κ1) is 7.86. The van der Waals surface area contributed by atoms with Crippen LogP contribution in [-0.4, -0.2) is 23.3 Å². The summed E-state index contributed by atoms with van der Waals surface area (Å²) in [7, 11) is 1.91. The quantitative estimate of drug-likeness (QED) is 0.423. The van der Waals surface area contributed by atoms with Crippen molar-refractivity contribution in [2.24, 2.45) is 11.0 Å². The summed E-state index contributed by atoms with van der Waals surface area (Å²) < 4.78 is 0. The van der Waals surface area contributed by atoms with Gasteiger partial charge < -0.3 is 0 Å². The Morgan fingerprint density at radius 1 is 1.70 bits per heavy atom. The molecule has 0 amide bonds. The van der Waals surface area contributed by atoms with Crippen molar-refractivity contribution in [3.63, 3.8) is 0 Å². The summed E-state index contributed by atoms with van der Waals surface area (Å²) in [6, 6.07) is 0. The molecule has 0 aliphatic carbocycles. The fourth-order valence-corrected chi connectivity index (χ4v) is 1.73. The molecule has 0 saturated heterocycles. The van der Waals surface area contributed by atoms with E-state index in [4.69, 9.17) is 11.6 Å². The minimum atomic E-state index is 0.0741. The summed E-state index contributed by atoms with van der Waals surface area (Å²) >= 11 is 6.04. The Morgan fingerprint density at radius 2 is 2.30 bits per heavy atom. The summed E-state index contributed by atoms with van der Waals surface area (Å²) in [4.78, 5) is 0. The lowest BCUT2D eigenvalue weighted by Gasteiger charge is -2.16. The van der Waals surface area contributed by atoms with Crippen LogP contribution < -0.4 is 0 Å². The van der Waals surface area contributed by atoms with Crippen LogP contribution >= 0.6 is 11.6 Å². The van der Waals surface area contributed by atoms with Crippen molar-refractivity contribution in [2.45, 2.75) is 25.8 Å². The van der Waals surface area contributed by atoms with E-state index >= 15 is 0 Å². The standard InChI is InChI=1S/C7H13ClN2/c1-4-6-5(2)9-10(3)7(6)8/h6-7H,4H2,1-3H3. The van der Waals surface area contributed by atoms with Crippen LogP contribution in [0, 0.1) is 5.92 Å². The van der Waals surface area contributed by atoms with E-state index in [0.29, 0.717) is 5.92 Å². The smallest absolute Gasteiger partial charge is 0.128 e. The van der Waals surface area contributed by atoms with Gasteiger partial charge in [0.25, 0.3) is 0 Å². The minimum Gasteiger partial charge on any atom is -0.282 e. The minimum absolute atomic E-state index is 0.0741. The molecule has 0 fully saturated rings. The second kappa shape index (κ2) is 2.79. The van der Waals surface area contributed by atoms with Crippen LogP contribution in [0.1, 0.15) is 20.3 Å². The maximum atomic E-state index is 6.04. The Balaban J connectivity index is 2.68. The Kier molecular flexibility index (Phi) is 2.19. The molecule has 2 atom stereocenters. The van der Waals surface area contributed by atoms with E-state index in [2.05, 4.69) is 12.0 Å². The number of rotatable bonds is 1. The molecule has 0 aromatic carbocycles. The highest BCUT2D eigenvalue weighted by Crippen LogP contribution is 2.25. The number of hydrogen-bond acceptors (Lipinski definition) is 2. The zero-order valence-electron chi connectivity index (χ0n) is 6.63. The third-order valence-corrected chi connectivity index (χ3v) is 2.57. The Bertz CT molecular complexity index is 156. The second-order valence-electron chi connectivity index (χ2n) is 2.70. The van der Waals surface area contributed by atoms with Crippen LogP contribution in [0.4, 0.5) is 0 Å². The van der Waals surface area contributed by atoms with Crippen molar-refractivity contribution in [3.8, 4) is 0 Å². The fourth-order valence-electron chi connectivity index (χ4n) is 1.33. The maximum Gasteiger partial charge on any atom is 0.128 e. The molecule has 0 aromatic heterocycles. The fraction of sp³-hybridized carbons (Fsp3) is 0.857. The van der Waals surface area contributed by atoms with E-state index in [0.717, 1.165) is 12.1 Å². The molecular weight excluding hydrogens is 148 g/mol.